The first-order chi connectivity index (χ1) is 7.40. The maximum Gasteiger partial charge on any atom is 0.0928 e. The van der Waals surface area contributed by atoms with Gasteiger partial charge in [-0.1, -0.05) is 19.3 Å². The molecule has 0 amide bonds. The van der Waals surface area contributed by atoms with Gasteiger partial charge >= 0.3 is 0 Å². The second-order valence-corrected chi connectivity index (χ2v) is 5.72. The Morgan fingerprint density at radius 3 is 2.87 bits per heavy atom. The summed E-state index contributed by atoms with van der Waals surface area (Å²) in [5.41, 5.74) is 1.37. The Labute approximate surface area is 102 Å². The second kappa shape index (κ2) is 5.90. The van der Waals surface area contributed by atoms with E-state index in [1.165, 1.54) is 42.8 Å². The van der Waals surface area contributed by atoms with E-state index < -0.39 is 0 Å². The van der Waals surface area contributed by atoms with Crippen LogP contribution in [0.5, 0.6) is 0 Å². The zero-order chi connectivity index (χ0) is 10.5. The third-order valence-electron chi connectivity index (χ3n) is 3.14. The number of rotatable bonds is 4. The van der Waals surface area contributed by atoms with Gasteiger partial charge in [0.15, 0.2) is 0 Å². The zero-order valence-electron chi connectivity index (χ0n) is 9.11. The molecule has 1 heterocycles. The van der Waals surface area contributed by atoms with Crippen LogP contribution in [0, 0.1) is 0 Å². The van der Waals surface area contributed by atoms with E-state index in [1.54, 1.807) is 0 Å². The van der Waals surface area contributed by atoms with Crippen molar-refractivity contribution in [3.63, 3.8) is 0 Å². The van der Waals surface area contributed by atoms with Gasteiger partial charge in [0.25, 0.3) is 0 Å². The molecule has 1 aromatic rings. The molecule has 0 bridgehead atoms. The van der Waals surface area contributed by atoms with Crippen molar-refractivity contribution in [3.8, 4) is 0 Å². The molecular formula is C12H19NS2. The van der Waals surface area contributed by atoms with Crippen LogP contribution in [0.3, 0.4) is 0 Å². The first-order valence-corrected chi connectivity index (χ1v) is 7.46. The van der Waals surface area contributed by atoms with Crippen LogP contribution in [0.4, 0.5) is 0 Å². The van der Waals surface area contributed by atoms with E-state index in [-0.39, 0.29) is 0 Å². The average Bonchev–Trinajstić information content (AvgIpc) is 2.76. The van der Waals surface area contributed by atoms with E-state index >= 15 is 0 Å². The van der Waals surface area contributed by atoms with Crippen molar-refractivity contribution in [1.82, 2.24) is 4.98 Å². The molecule has 2 rings (SSSR count). The van der Waals surface area contributed by atoms with Crippen molar-refractivity contribution in [2.45, 2.75) is 50.9 Å². The van der Waals surface area contributed by atoms with Crippen LogP contribution in [-0.2, 0) is 6.42 Å². The van der Waals surface area contributed by atoms with Crippen LogP contribution in [0.25, 0.3) is 0 Å². The largest absolute Gasteiger partial charge is 0.246 e. The van der Waals surface area contributed by atoms with Gasteiger partial charge in [-0.2, -0.15) is 12.6 Å². The molecule has 1 fully saturated rings. The lowest BCUT2D eigenvalue weighted by molar-refractivity contribution is 0.437. The number of hydrogen-bond donors (Lipinski definition) is 1. The van der Waals surface area contributed by atoms with Crippen molar-refractivity contribution < 1.29 is 0 Å². The SMILES string of the molecule is SCCCc1nc(C2CCCCC2)cs1. The van der Waals surface area contributed by atoms with Gasteiger partial charge in [0, 0.05) is 17.7 Å². The smallest absolute Gasteiger partial charge is 0.0928 e. The number of aryl methyl sites for hydroxylation is 1. The van der Waals surface area contributed by atoms with Gasteiger partial charge in [0.05, 0.1) is 10.7 Å². The van der Waals surface area contributed by atoms with E-state index in [9.17, 15) is 0 Å². The van der Waals surface area contributed by atoms with Crippen LogP contribution in [0.15, 0.2) is 5.38 Å². The second-order valence-electron chi connectivity index (χ2n) is 4.33. The Hall–Kier alpha value is -0.0200. The Kier molecular flexibility index (Phi) is 4.51. The molecule has 0 radical (unpaired) electrons. The summed E-state index contributed by atoms with van der Waals surface area (Å²) in [5, 5.41) is 3.59. The minimum absolute atomic E-state index is 0.764. The standard InChI is InChI=1S/C12H19NS2/c14-8-4-7-12-13-11(9-15-12)10-5-2-1-3-6-10/h9-10,14H,1-8H2. The number of thiazole rings is 1. The van der Waals surface area contributed by atoms with Gasteiger partial charge in [0.1, 0.15) is 0 Å². The van der Waals surface area contributed by atoms with Gasteiger partial charge in [-0.05, 0) is 25.0 Å². The molecule has 0 aromatic carbocycles. The Morgan fingerprint density at radius 1 is 1.33 bits per heavy atom. The minimum Gasteiger partial charge on any atom is -0.246 e. The molecule has 0 unspecified atom stereocenters. The lowest BCUT2D eigenvalue weighted by Crippen LogP contribution is -2.04. The maximum atomic E-state index is 4.76. The van der Waals surface area contributed by atoms with Crippen LogP contribution < -0.4 is 0 Å². The molecule has 1 nitrogen and oxygen atoms in total. The quantitative estimate of drug-likeness (QED) is 0.785. The minimum atomic E-state index is 0.764. The first kappa shape index (κ1) is 11.5. The summed E-state index contributed by atoms with van der Waals surface area (Å²) in [5.74, 6) is 1.73. The molecule has 1 aliphatic carbocycles. The van der Waals surface area contributed by atoms with Gasteiger partial charge in [-0.3, -0.25) is 0 Å². The van der Waals surface area contributed by atoms with E-state index in [0.717, 1.165) is 24.5 Å². The lowest BCUT2D eigenvalue weighted by Gasteiger charge is -2.19. The van der Waals surface area contributed by atoms with Gasteiger partial charge in [-0.15, -0.1) is 11.3 Å². The summed E-state index contributed by atoms with van der Waals surface area (Å²) in [6, 6.07) is 0. The van der Waals surface area contributed by atoms with Gasteiger partial charge < -0.3 is 0 Å². The zero-order valence-corrected chi connectivity index (χ0v) is 10.8. The Morgan fingerprint density at radius 2 is 2.13 bits per heavy atom. The number of thiol groups is 1. The normalized spacial score (nSPS) is 18.2. The van der Waals surface area contributed by atoms with Crippen molar-refractivity contribution in [2.24, 2.45) is 0 Å². The molecule has 0 saturated heterocycles. The lowest BCUT2D eigenvalue weighted by atomic mass is 9.87. The van der Waals surface area contributed by atoms with E-state index in [0.29, 0.717) is 0 Å². The van der Waals surface area contributed by atoms with E-state index in [1.807, 2.05) is 11.3 Å². The summed E-state index contributed by atoms with van der Waals surface area (Å²) in [4.78, 5) is 4.76. The summed E-state index contributed by atoms with van der Waals surface area (Å²) >= 11 is 6.07. The topological polar surface area (TPSA) is 12.9 Å². The summed E-state index contributed by atoms with van der Waals surface area (Å²) in [7, 11) is 0. The fourth-order valence-electron chi connectivity index (χ4n) is 2.26. The molecule has 1 saturated carbocycles. The maximum absolute atomic E-state index is 4.76. The van der Waals surface area contributed by atoms with Gasteiger partial charge in [-0.25, -0.2) is 4.98 Å². The average molecular weight is 241 g/mol. The molecule has 0 N–H and O–H groups in total. The highest BCUT2D eigenvalue weighted by molar-refractivity contribution is 7.80. The monoisotopic (exact) mass is 241 g/mol. The van der Waals surface area contributed by atoms with E-state index in [4.69, 9.17) is 4.98 Å². The number of hydrogen-bond acceptors (Lipinski definition) is 3. The molecular weight excluding hydrogens is 222 g/mol. The van der Waals surface area contributed by atoms with Gasteiger partial charge in [0.2, 0.25) is 0 Å². The summed E-state index contributed by atoms with van der Waals surface area (Å²) in [6.45, 7) is 0. The molecule has 0 spiro atoms. The van der Waals surface area contributed by atoms with Crippen molar-refractivity contribution in [2.75, 3.05) is 5.75 Å². The van der Waals surface area contributed by atoms with E-state index in [2.05, 4.69) is 18.0 Å². The Balaban J connectivity index is 1.93. The molecule has 0 atom stereocenters. The predicted octanol–water partition coefficient (Wildman–Crippen LogP) is 4.05. The number of nitrogens with zero attached hydrogens (tertiary/aromatic N) is 1. The van der Waals surface area contributed by atoms with Crippen molar-refractivity contribution in [1.29, 1.82) is 0 Å². The van der Waals surface area contributed by atoms with Crippen LogP contribution in [0.2, 0.25) is 0 Å². The predicted molar refractivity (Wildman–Crippen MR) is 70.1 cm³/mol. The Bertz CT molecular complexity index is 290. The van der Waals surface area contributed by atoms with Crippen LogP contribution in [0.1, 0.15) is 55.1 Å². The third kappa shape index (κ3) is 3.22. The van der Waals surface area contributed by atoms with Crippen molar-refractivity contribution in [3.05, 3.63) is 16.1 Å². The molecule has 0 aliphatic heterocycles. The summed E-state index contributed by atoms with van der Waals surface area (Å²) in [6.07, 6.45) is 9.20. The molecule has 84 valence electrons. The summed E-state index contributed by atoms with van der Waals surface area (Å²) < 4.78 is 0. The highest BCUT2D eigenvalue weighted by Gasteiger charge is 2.17. The first-order valence-electron chi connectivity index (χ1n) is 5.95. The molecule has 3 heteroatoms. The van der Waals surface area contributed by atoms with Crippen LogP contribution >= 0.6 is 24.0 Å². The fourth-order valence-corrected chi connectivity index (χ4v) is 3.34. The highest BCUT2D eigenvalue weighted by atomic mass is 32.1. The third-order valence-corrected chi connectivity index (χ3v) is 4.38. The fraction of sp³-hybridized carbons (Fsp3) is 0.750. The molecule has 15 heavy (non-hydrogen) atoms. The number of aromatic nitrogens is 1. The molecule has 1 aromatic heterocycles. The van der Waals surface area contributed by atoms with Crippen LogP contribution in [-0.4, -0.2) is 10.7 Å². The van der Waals surface area contributed by atoms with Crippen molar-refractivity contribution >= 4 is 24.0 Å². The highest BCUT2D eigenvalue weighted by Crippen LogP contribution is 2.33. The molecule has 1 aliphatic rings.